The van der Waals surface area contributed by atoms with Gasteiger partial charge in [0.05, 0.1) is 9.26 Å². The van der Waals surface area contributed by atoms with Gasteiger partial charge in [-0.05, 0) is 46.2 Å². The molecule has 0 radical (unpaired) electrons. The molecular formula is C16H12INO. The van der Waals surface area contributed by atoms with E-state index in [0.717, 1.165) is 20.3 Å². The SMILES string of the molecule is Oc1c(I)cccc1Nc1cccc2ccccc12. The molecule has 0 saturated carbocycles. The van der Waals surface area contributed by atoms with Gasteiger partial charge in [0.1, 0.15) is 0 Å². The predicted octanol–water partition coefficient (Wildman–Crippen LogP) is 4.89. The lowest BCUT2D eigenvalue weighted by molar-refractivity contribution is 0.474. The number of fused-ring (bicyclic) bond motifs is 1. The summed E-state index contributed by atoms with van der Waals surface area (Å²) in [6, 6.07) is 20.0. The molecule has 94 valence electrons. The number of hydrogen-bond acceptors (Lipinski definition) is 2. The number of aromatic hydroxyl groups is 1. The van der Waals surface area contributed by atoms with Crippen molar-refractivity contribution in [3.05, 3.63) is 64.2 Å². The Morgan fingerprint density at radius 3 is 2.37 bits per heavy atom. The van der Waals surface area contributed by atoms with Crippen LogP contribution >= 0.6 is 22.6 Å². The first-order valence-electron chi connectivity index (χ1n) is 5.98. The lowest BCUT2D eigenvalue weighted by atomic mass is 10.1. The first-order chi connectivity index (χ1) is 9.25. The molecule has 0 bridgehead atoms. The van der Waals surface area contributed by atoms with Crippen LogP contribution in [-0.4, -0.2) is 5.11 Å². The topological polar surface area (TPSA) is 32.3 Å². The second-order valence-corrected chi connectivity index (χ2v) is 5.45. The molecule has 0 atom stereocenters. The Kier molecular flexibility index (Phi) is 3.29. The summed E-state index contributed by atoms with van der Waals surface area (Å²) >= 11 is 2.12. The number of rotatable bonds is 2. The highest BCUT2D eigenvalue weighted by Crippen LogP contribution is 2.33. The smallest absolute Gasteiger partial charge is 0.152 e. The summed E-state index contributed by atoms with van der Waals surface area (Å²) in [5, 5.41) is 15.7. The van der Waals surface area contributed by atoms with E-state index in [1.165, 1.54) is 5.39 Å². The molecule has 0 saturated heterocycles. The van der Waals surface area contributed by atoms with E-state index < -0.39 is 0 Å². The Hall–Kier alpha value is -1.75. The van der Waals surface area contributed by atoms with Crippen LogP contribution in [0.4, 0.5) is 11.4 Å². The zero-order valence-corrected chi connectivity index (χ0v) is 12.3. The van der Waals surface area contributed by atoms with Crippen molar-refractivity contribution < 1.29 is 5.11 Å². The standard InChI is InChI=1S/C16H12INO/c17-13-8-4-10-15(16(13)19)18-14-9-3-6-11-5-1-2-7-12(11)14/h1-10,18-19H. The first kappa shape index (κ1) is 12.3. The molecule has 0 aromatic heterocycles. The van der Waals surface area contributed by atoms with Gasteiger partial charge < -0.3 is 10.4 Å². The van der Waals surface area contributed by atoms with Crippen LogP contribution in [0.15, 0.2) is 60.7 Å². The van der Waals surface area contributed by atoms with Crippen molar-refractivity contribution in [3.8, 4) is 5.75 Å². The van der Waals surface area contributed by atoms with Crippen LogP contribution in [0.3, 0.4) is 0 Å². The molecule has 0 aliphatic rings. The van der Waals surface area contributed by atoms with Crippen molar-refractivity contribution in [2.24, 2.45) is 0 Å². The molecule has 0 fully saturated rings. The largest absolute Gasteiger partial charge is 0.505 e. The molecule has 3 rings (SSSR count). The monoisotopic (exact) mass is 361 g/mol. The van der Waals surface area contributed by atoms with E-state index >= 15 is 0 Å². The predicted molar refractivity (Wildman–Crippen MR) is 88.1 cm³/mol. The van der Waals surface area contributed by atoms with Crippen molar-refractivity contribution in [2.75, 3.05) is 5.32 Å². The van der Waals surface area contributed by atoms with E-state index in [1.54, 1.807) is 0 Å². The van der Waals surface area contributed by atoms with Gasteiger partial charge in [0.2, 0.25) is 0 Å². The molecule has 0 spiro atoms. The second-order valence-electron chi connectivity index (χ2n) is 4.29. The summed E-state index contributed by atoms with van der Waals surface area (Å²) in [4.78, 5) is 0. The molecule has 2 nitrogen and oxygen atoms in total. The molecule has 3 heteroatoms. The lowest BCUT2D eigenvalue weighted by Crippen LogP contribution is -1.92. The number of hydrogen-bond donors (Lipinski definition) is 2. The van der Waals surface area contributed by atoms with Gasteiger partial charge in [-0.15, -0.1) is 0 Å². The van der Waals surface area contributed by atoms with Gasteiger partial charge >= 0.3 is 0 Å². The first-order valence-corrected chi connectivity index (χ1v) is 7.06. The number of phenols is 1. The second kappa shape index (κ2) is 5.09. The zero-order valence-electron chi connectivity index (χ0n) is 10.1. The highest BCUT2D eigenvalue weighted by atomic mass is 127. The third-order valence-corrected chi connectivity index (χ3v) is 3.92. The van der Waals surface area contributed by atoms with Gasteiger partial charge in [0.25, 0.3) is 0 Å². The fourth-order valence-electron chi connectivity index (χ4n) is 2.10. The van der Waals surface area contributed by atoms with Gasteiger partial charge in [-0.3, -0.25) is 0 Å². The Balaban J connectivity index is 2.09. The maximum atomic E-state index is 10.1. The van der Waals surface area contributed by atoms with Crippen LogP contribution in [0, 0.1) is 3.57 Å². The highest BCUT2D eigenvalue weighted by Gasteiger charge is 2.06. The summed E-state index contributed by atoms with van der Waals surface area (Å²) in [6.07, 6.45) is 0. The molecule has 19 heavy (non-hydrogen) atoms. The van der Waals surface area contributed by atoms with Crippen molar-refractivity contribution in [1.82, 2.24) is 0 Å². The number of phenolic OH excluding ortho intramolecular Hbond substituents is 1. The Morgan fingerprint density at radius 1 is 0.789 bits per heavy atom. The Labute approximate surface area is 125 Å². The van der Waals surface area contributed by atoms with Gasteiger partial charge in [0, 0.05) is 11.1 Å². The van der Waals surface area contributed by atoms with Gasteiger partial charge in [-0.25, -0.2) is 0 Å². The van der Waals surface area contributed by atoms with E-state index in [2.05, 4.69) is 46.1 Å². The van der Waals surface area contributed by atoms with E-state index in [9.17, 15) is 5.11 Å². The van der Waals surface area contributed by atoms with Crippen LogP contribution in [0.2, 0.25) is 0 Å². The number of para-hydroxylation sites is 1. The van der Waals surface area contributed by atoms with Crippen LogP contribution in [0.5, 0.6) is 5.75 Å². The van der Waals surface area contributed by atoms with Crippen LogP contribution < -0.4 is 5.32 Å². The van der Waals surface area contributed by atoms with Crippen molar-refractivity contribution in [1.29, 1.82) is 0 Å². The molecule has 3 aromatic carbocycles. The Morgan fingerprint density at radius 2 is 1.47 bits per heavy atom. The molecule has 2 N–H and O–H groups in total. The van der Waals surface area contributed by atoms with Crippen LogP contribution in [-0.2, 0) is 0 Å². The lowest BCUT2D eigenvalue weighted by Gasteiger charge is -2.12. The number of benzene rings is 3. The molecule has 0 aliphatic carbocycles. The minimum absolute atomic E-state index is 0.288. The van der Waals surface area contributed by atoms with Gasteiger partial charge in [-0.2, -0.15) is 0 Å². The fraction of sp³-hybridized carbons (Fsp3) is 0. The summed E-state index contributed by atoms with van der Waals surface area (Å²) in [5.41, 5.74) is 1.72. The molecule has 3 aromatic rings. The van der Waals surface area contributed by atoms with E-state index in [-0.39, 0.29) is 5.75 Å². The minimum Gasteiger partial charge on any atom is -0.505 e. The average Bonchev–Trinajstić information content (AvgIpc) is 2.44. The highest BCUT2D eigenvalue weighted by molar-refractivity contribution is 14.1. The number of nitrogens with one attached hydrogen (secondary N) is 1. The fourth-order valence-corrected chi connectivity index (χ4v) is 2.59. The average molecular weight is 361 g/mol. The van der Waals surface area contributed by atoms with Gasteiger partial charge in [0.15, 0.2) is 5.75 Å². The van der Waals surface area contributed by atoms with Gasteiger partial charge in [-0.1, -0.05) is 42.5 Å². The molecule has 0 unspecified atom stereocenters. The summed E-state index contributed by atoms with van der Waals surface area (Å²) in [6.45, 7) is 0. The van der Waals surface area contributed by atoms with Crippen molar-refractivity contribution in [2.45, 2.75) is 0 Å². The maximum absolute atomic E-state index is 10.1. The maximum Gasteiger partial charge on any atom is 0.152 e. The zero-order chi connectivity index (χ0) is 13.2. The summed E-state index contributed by atoms with van der Waals surface area (Å²) in [5.74, 6) is 0.288. The van der Waals surface area contributed by atoms with Crippen molar-refractivity contribution >= 4 is 44.7 Å². The minimum atomic E-state index is 0.288. The summed E-state index contributed by atoms with van der Waals surface area (Å²) in [7, 11) is 0. The van der Waals surface area contributed by atoms with Crippen molar-refractivity contribution in [3.63, 3.8) is 0 Å². The molecular weight excluding hydrogens is 349 g/mol. The van der Waals surface area contributed by atoms with E-state index in [1.807, 2.05) is 42.5 Å². The van der Waals surface area contributed by atoms with Crippen LogP contribution in [0.25, 0.3) is 10.8 Å². The summed E-state index contributed by atoms with van der Waals surface area (Å²) < 4.78 is 0.836. The molecule has 0 aliphatic heterocycles. The Bertz CT molecular complexity index is 734. The van der Waals surface area contributed by atoms with Crippen LogP contribution in [0.1, 0.15) is 0 Å². The molecule has 0 amide bonds. The van der Waals surface area contributed by atoms with E-state index in [0.29, 0.717) is 0 Å². The normalized spacial score (nSPS) is 10.6. The third-order valence-electron chi connectivity index (χ3n) is 3.05. The number of anilines is 2. The third kappa shape index (κ3) is 2.38. The quantitative estimate of drug-likeness (QED) is 0.503. The molecule has 0 heterocycles. The van der Waals surface area contributed by atoms with E-state index in [4.69, 9.17) is 0 Å². The number of halogens is 1.